The maximum Gasteiger partial charge on any atom is 0.272 e. The molecule has 0 atom stereocenters. The van der Waals surface area contributed by atoms with Crippen LogP contribution in [0.1, 0.15) is 39.3 Å². The predicted octanol–water partition coefficient (Wildman–Crippen LogP) is 4.09. The second kappa shape index (κ2) is 6.68. The molecular formula is C21H23FN4O. The van der Waals surface area contributed by atoms with Gasteiger partial charge in [0.05, 0.1) is 5.52 Å². The molecule has 2 N–H and O–H groups in total. The van der Waals surface area contributed by atoms with Gasteiger partial charge in [-0.1, -0.05) is 6.07 Å². The molecule has 1 saturated heterocycles. The van der Waals surface area contributed by atoms with Crippen LogP contribution in [-0.2, 0) is 6.54 Å². The monoisotopic (exact) mass is 366 g/mol. The van der Waals surface area contributed by atoms with Gasteiger partial charge in [-0.2, -0.15) is 0 Å². The molecule has 140 valence electrons. The van der Waals surface area contributed by atoms with E-state index in [1.807, 2.05) is 31.7 Å². The van der Waals surface area contributed by atoms with Crippen molar-refractivity contribution in [1.82, 2.24) is 14.9 Å². The maximum atomic E-state index is 13.3. The van der Waals surface area contributed by atoms with E-state index in [1.165, 1.54) is 12.1 Å². The molecule has 0 radical (unpaired) electrons. The number of likely N-dealkylation sites (tertiary alicyclic amines) is 1. The SMILES string of the molecule is Cc1cc(F)ccc1CNc1nc(C(=O)N2CCC2)cc2c(C)c(C)[nH]c12. The van der Waals surface area contributed by atoms with Crippen LogP contribution in [0.2, 0.25) is 0 Å². The minimum absolute atomic E-state index is 0.0255. The first-order valence-electron chi connectivity index (χ1n) is 9.22. The van der Waals surface area contributed by atoms with Crippen molar-refractivity contribution in [2.75, 3.05) is 18.4 Å². The van der Waals surface area contributed by atoms with Crippen LogP contribution >= 0.6 is 0 Å². The molecule has 5 nitrogen and oxygen atoms in total. The first-order chi connectivity index (χ1) is 12.9. The summed E-state index contributed by atoms with van der Waals surface area (Å²) in [5.41, 5.74) is 5.40. The first kappa shape index (κ1) is 17.5. The predicted molar refractivity (Wildman–Crippen MR) is 105 cm³/mol. The molecule has 27 heavy (non-hydrogen) atoms. The Hall–Kier alpha value is -2.89. The molecule has 3 heterocycles. The molecule has 0 spiro atoms. The fraction of sp³-hybridized carbons (Fsp3) is 0.333. The lowest BCUT2D eigenvalue weighted by Crippen LogP contribution is -2.42. The highest BCUT2D eigenvalue weighted by molar-refractivity contribution is 6.00. The van der Waals surface area contributed by atoms with Gasteiger partial charge in [-0.15, -0.1) is 0 Å². The molecule has 1 aromatic carbocycles. The van der Waals surface area contributed by atoms with E-state index in [1.54, 1.807) is 6.07 Å². The zero-order valence-electron chi connectivity index (χ0n) is 15.8. The van der Waals surface area contributed by atoms with Crippen molar-refractivity contribution in [3.63, 3.8) is 0 Å². The second-order valence-corrected chi connectivity index (χ2v) is 7.22. The summed E-state index contributed by atoms with van der Waals surface area (Å²) in [5, 5.41) is 4.34. The average molecular weight is 366 g/mol. The number of pyridine rings is 1. The highest BCUT2D eigenvalue weighted by atomic mass is 19.1. The molecule has 0 saturated carbocycles. The van der Waals surface area contributed by atoms with Gasteiger partial charge in [0.15, 0.2) is 5.82 Å². The number of benzene rings is 1. The smallest absolute Gasteiger partial charge is 0.272 e. The Kier molecular flexibility index (Phi) is 4.34. The Labute approximate surface area is 157 Å². The van der Waals surface area contributed by atoms with Crippen molar-refractivity contribution >= 4 is 22.6 Å². The number of nitrogens with zero attached hydrogens (tertiary/aromatic N) is 2. The summed E-state index contributed by atoms with van der Waals surface area (Å²) in [6, 6.07) is 6.63. The number of fused-ring (bicyclic) bond motifs is 1. The number of nitrogens with one attached hydrogen (secondary N) is 2. The van der Waals surface area contributed by atoms with Gasteiger partial charge >= 0.3 is 0 Å². The van der Waals surface area contributed by atoms with Crippen molar-refractivity contribution < 1.29 is 9.18 Å². The van der Waals surface area contributed by atoms with Gasteiger partial charge in [0.1, 0.15) is 11.5 Å². The van der Waals surface area contributed by atoms with Crippen LogP contribution in [0, 0.1) is 26.6 Å². The van der Waals surface area contributed by atoms with Gasteiger partial charge in [0.2, 0.25) is 0 Å². The van der Waals surface area contributed by atoms with Crippen molar-refractivity contribution in [2.24, 2.45) is 0 Å². The van der Waals surface area contributed by atoms with E-state index in [-0.39, 0.29) is 11.7 Å². The zero-order chi connectivity index (χ0) is 19.1. The lowest BCUT2D eigenvalue weighted by molar-refractivity contribution is 0.0646. The van der Waals surface area contributed by atoms with Crippen LogP contribution in [0.25, 0.3) is 10.9 Å². The molecule has 0 bridgehead atoms. The third kappa shape index (κ3) is 3.16. The number of aromatic nitrogens is 2. The summed E-state index contributed by atoms with van der Waals surface area (Å²) >= 11 is 0. The Bertz CT molecular complexity index is 1040. The number of aromatic amines is 1. The van der Waals surface area contributed by atoms with Crippen molar-refractivity contribution in [3.05, 3.63) is 58.2 Å². The number of rotatable bonds is 4. The van der Waals surface area contributed by atoms with Gasteiger partial charge < -0.3 is 15.2 Å². The highest BCUT2D eigenvalue weighted by Crippen LogP contribution is 2.28. The van der Waals surface area contributed by atoms with Crippen LogP contribution in [0.5, 0.6) is 0 Å². The number of hydrogen-bond acceptors (Lipinski definition) is 3. The summed E-state index contributed by atoms with van der Waals surface area (Å²) in [4.78, 5) is 22.5. The third-order valence-corrected chi connectivity index (χ3v) is 5.41. The largest absolute Gasteiger partial charge is 0.364 e. The topological polar surface area (TPSA) is 61.0 Å². The second-order valence-electron chi connectivity index (χ2n) is 7.22. The Morgan fingerprint density at radius 2 is 2.04 bits per heavy atom. The molecule has 1 aliphatic rings. The number of anilines is 1. The fourth-order valence-electron chi connectivity index (χ4n) is 3.41. The average Bonchev–Trinajstić information content (AvgIpc) is 2.87. The van der Waals surface area contributed by atoms with E-state index in [4.69, 9.17) is 0 Å². The standard InChI is InChI=1S/C21H23FN4O/c1-12-9-16(22)6-5-15(12)11-23-20-19-17(13(2)14(3)24-19)10-18(25-20)21(27)26-7-4-8-26/h5-6,9-10,24H,4,7-8,11H2,1-3H3,(H,23,25). The quantitative estimate of drug-likeness (QED) is 0.731. The van der Waals surface area contributed by atoms with E-state index in [0.717, 1.165) is 52.8 Å². The molecule has 1 amide bonds. The lowest BCUT2D eigenvalue weighted by atomic mass is 10.1. The summed E-state index contributed by atoms with van der Waals surface area (Å²) < 4.78 is 13.3. The third-order valence-electron chi connectivity index (χ3n) is 5.41. The molecule has 4 rings (SSSR count). The Morgan fingerprint density at radius 3 is 2.70 bits per heavy atom. The van der Waals surface area contributed by atoms with Gasteiger partial charge in [0, 0.05) is 30.7 Å². The zero-order valence-corrected chi connectivity index (χ0v) is 15.8. The van der Waals surface area contributed by atoms with Crippen molar-refractivity contribution in [1.29, 1.82) is 0 Å². The van der Waals surface area contributed by atoms with E-state index in [0.29, 0.717) is 18.1 Å². The number of halogens is 1. The van der Waals surface area contributed by atoms with E-state index in [2.05, 4.69) is 15.3 Å². The number of aryl methyl sites for hydroxylation is 3. The Morgan fingerprint density at radius 1 is 1.26 bits per heavy atom. The van der Waals surface area contributed by atoms with Crippen LogP contribution < -0.4 is 5.32 Å². The van der Waals surface area contributed by atoms with Crippen molar-refractivity contribution in [2.45, 2.75) is 33.7 Å². The molecule has 0 unspecified atom stereocenters. The summed E-state index contributed by atoms with van der Waals surface area (Å²) in [6.07, 6.45) is 1.05. The van der Waals surface area contributed by atoms with Gasteiger partial charge in [-0.25, -0.2) is 9.37 Å². The molecule has 2 aromatic heterocycles. The number of amides is 1. The summed E-state index contributed by atoms with van der Waals surface area (Å²) in [5.74, 6) is 0.383. The van der Waals surface area contributed by atoms with E-state index >= 15 is 0 Å². The molecule has 0 aliphatic carbocycles. The summed E-state index contributed by atoms with van der Waals surface area (Å²) in [6.45, 7) is 8.03. The van der Waals surface area contributed by atoms with Crippen LogP contribution in [0.15, 0.2) is 24.3 Å². The molecule has 1 aliphatic heterocycles. The van der Waals surface area contributed by atoms with Crippen LogP contribution in [-0.4, -0.2) is 33.9 Å². The van der Waals surface area contributed by atoms with Gasteiger partial charge in [-0.3, -0.25) is 4.79 Å². The lowest BCUT2D eigenvalue weighted by Gasteiger charge is -2.30. The van der Waals surface area contributed by atoms with Crippen molar-refractivity contribution in [3.8, 4) is 0 Å². The summed E-state index contributed by atoms with van der Waals surface area (Å²) in [7, 11) is 0. The minimum Gasteiger partial charge on any atom is -0.364 e. The molecular weight excluding hydrogens is 343 g/mol. The molecule has 3 aromatic rings. The van der Waals surface area contributed by atoms with Crippen LogP contribution in [0.4, 0.5) is 10.2 Å². The highest BCUT2D eigenvalue weighted by Gasteiger charge is 2.24. The fourth-order valence-corrected chi connectivity index (χ4v) is 3.41. The van der Waals surface area contributed by atoms with Gasteiger partial charge in [-0.05, 0) is 62.1 Å². The maximum absolute atomic E-state index is 13.3. The normalized spacial score (nSPS) is 13.7. The number of hydrogen-bond donors (Lipinski definition) is 2. The van der Waals surface area contributed by atoms with Gasteiger partial charge in [0.25, 0.3) is 5.91 Å². The number of carbonyl (C=O) groups excluding carboxylic acids is 1. The number of H-pyrrole nitrogens is 1. The molecule has 1 fully saturated rings. The minimum atomic E-state index is -0.241. The first-order valence-corrected chi connectivity index (χ1v) is 9.22. The van der Waals surface area contributed by atoms with E-state index < -0.39 is 0 Å². The van der Waals surface area contributed by atoms with E-state index in [9.17, 15) is 9.18 Å². The molecule has 6 heteroatoms. The van der Waals surface area contributed by atoms with Crippen LogP contribution in [0.3, 0.4) is 0 Å². The number of carbonyl (C=O) groups is 1. The Balaban J connectivity index is 1.71.